The summed E-state index contributed by atoms with van der Waals surface area (Å²) in [4.78, 5) is 12.4. The second-order valence-electron chi connectivity index (χ2n) is 12.5. The van der Waals surface area contributed by atoms with Gasteiger partial charge in [-0.05, 0) is 46.2 Å². The van der Waals surface area contributed by atoms with E-state index in [9.17, 15) is 0 Å². The smallest absolute Gasteiger partial charge is 0.162 e. The summed E-state index contributed by atoms with van der Waals surface area (Å²) in [6.45, 7) is 13.4. The lowest BCUT2D eigenvalue weighted by atomic mass is 9.86. The Morgan fingerprint density at radius 3 is 1.55 bits per heavy atom. The molecule has 0 bridgehead atoms. The van der Waals surface area contributed by atoms with Gasteiger partial charge in [0.05, 0.1) is 17.1 Å². The van der Waals surface area contributed by atoms with E-state index in [1.165, 1.54) is 11.1 Å². The van der Waals surface area contributed by atoms with Crippen LogP contribution in [0.25, 0.3) is 22.6 Å². The Morgan fingerprint density at radius 1 is 0.550 bits per heavy atom. The number of fused-ring (bicyclic) bond motifs is 2. The molecule has 200 valence electrons. The average molecular weight is 526 g/mol. The van der Waals surface area contributed by atoms with Gasteiger partial charge in [-0.1, -0.05) is 114 Å². The monoisotopic (exact) mass is 525 g/mol. The van der Waals surface area contributed by atoms with Gasteiger partial charge in [0.25, 0.3) is 0 Å². The van der Waals surface area contributed by atoms with Crippen molar-refractivity contribution in [1.29, 1.82) is 0 Å². The van der Waals surface area contributed by atoms with Gasteiger partial charge in [0.15, 0.2) is 17.3 Å². The quantitative estimate of drug-likeness (QED) is 0.230. The van der Waals surface area contributed by atoms with Crippen LogP contribution >= 0.6 is 0 Å². The minimum atomic E-state index is -0.00731. The van der Waals surface area contributed by atoms with Crippen LogP contribution in [0.15, 0.2) is 103 Å². The molecule has 1 aliphatic heterocycles. The van der Waals surface area contributed by atoms with Gasteiger partial charge in [0.2, 0.25) is 0 Å². The van der Waals surface area contributed by atoms with E-state index >= 15 is 0 Å². The molecular weight excluding hydrogens is 490 g/mol. The molecular formula is C36H35N3O. The third kappa shape index (κ3) is 4.86. The van der Waals surface area contributed by atoms with Gasteiger partial charge in [-0.15, -0.1) is 0 Å². The molecule has 5 aromatic rings. The molecule has 0 radical (unpaired) electrons. The molecule has 40 heavy (non-hydrogen) atoms. The standard InChI is InChI=1S/C36H35N3O/c1-35(2,3)26-17-19-29-31(21-26)40-32-22-27(36(4,5)6)18-20-30(32)39(29)33-23-28(24-13-9-7-10-14-24)37-34(38-33)25-15-11-8-12-16-25/h7-23H,1-6H3. The number of aromatic nitrogens is 2. The van der Waals surface area contributed by atoms with Crippen molar-refractivity contribution in [3.05, 3.63) is 114 Å². The van der Waals surface area contributed by atoms with Crippen LogP contribution in [0.2, 0.25) is 0 Å². The van der Waals surface area contributed by atoms with Gasteiger partial charge in [0, 0.05) is 17.2 Å². The van der Waals surface area contributed by atoms with Gasteiger partial charge >= 0.3 is 0 Å². The number of nitrogens with zero attached hydrogens (tertiary/aromatic N) is 3. The van der Waals surface area contributed by atoms with E-state index in [2.05, 4.69) is 113 Å². The summed E-state index contributed by atoms with van der Waals surface area (Å²) in [7, 11) is 0. The van der Waals surface area contributed by atoms with Crippen molar-refractivity contribution in [3.63, 3.8) is 0 Å². The second kappa shape index (κ2) is 9.63. The fourth-order valence-corrected chi connectivity index (χ4v) is 5.01. The molecule has 0 amide bonds. The fraction of sp³-hybridized carbons (Fsp3) is 0.222. The van der Waals surface area contributed by atoms with Crippen molar-refractivity contribution >= 4 is 17.2 Å². The third-order valence-electron chi connectivity index (χ3n) is 7.40. The first-order valence-corrected chi connectivity index (χ1v) is 13.8. The number of ether oxygens (including phenoxy) is 1. The largest absolute Gasteiger partial charge is 0.453 e. The normalized spacial score (nSPS) is 12.9. The van der Waals surface area contributed by atoms with Crippen LogP contribution in [-0.2, 0) is 10.8 Å². The molecule has 0 unspecified atom stereocenters. The van der Waals surface area contributed by atoms with Crippen molar-refractivity contribution in [2.24, 2.45) is 0 Å². The van der Waals surface area contributed by atoms with Crippen molar-refractivity contribution in [3.8, 4) is 34.1 Å². The van der Waals surface area contributed by atoms with Gasteiger partial charge in [-0.3, -0.25) is 4.90 Å². The number of rotatable bonds is 3. The zero-order chi connectivity index (χ0) is 28.1. The lowest BCUT2D eigenvalue weighted by Crippen LogP contribution is -2.20. The van der Waals surface area contributed by atoms with Crippen molar-refractivity contribution < 1.29 is 4.74 Å². The highest BCUT2D eigenvalue weighted by molar-refractivity contribution is 5.87. The number of hydrogen-bond donors (Lipinski definition) is 0. The van der Waals surface area contributed by atoms with Crippen LogP contribution in [0, 0.1) is 0 Å². The molecule has 6 rings (SSSR count). The summed E-state index contributed by atoms with van der Waals surface area (Å²) in [5.41, 5.74) is 7.24. The van der Waals surface area contributed by atoms with Crippen LogP contribution in [0.4, 0.5) is 17.2 Å². The van der Waals surface area contributed by atoms with E-state index in [4.69, 9.17) is 14.7 Å². The predicted molar refractivity (Wildman–Crippen MR) is 165 cm³/mol. The Hall–Kier alpha value is -4.44. The number of hydrogen-bond acceptors (Lipinski definition) is 4. The highest BCUT2D eigenvalue weighted by Gasteiger charge is 2.30. The van der Waals surface area contributed by atoms with Crippen LogP contribution in [0.3, 0.4) is 0 Å². The predicted octanol–water partition coefficient (Wildman–Crippen LogP) is 9.98. The first-order valence-electron chi connectivity index (χ1n) is 13.8. The molecule has 4 nitrogen and oxygen atoms in total. The molecule has 0 fully saturated rings. The summed E-state index contributed by atoms with van der Waals surface area (Å²) >= 11 is 0. The fourth-order valence-electron chi connectivity index (χ4n) is 5.01. The average Bonchev–Trinajstić information content (AvgIpc) is 2.95. The molecule has 2 heterocycles. The molecule has 0 saturated heterocycles. The molecule has 4 aromatic carbocycles. The zero-order valence-electron chi connectivity index (χ0n) is 24.1. The molecule has 0 spiro atoms. The van der Waals surface area contributed by atoms with Crippen molar-refractivity contribution in [1.82, 2.24) is 9.97 Å². The molecule has 1 aliphatic rings. The SMILES string of the molecule is CC(C)(C)c1ccc2c(c1)Oc1cc(C(C)(C)C)ccc1N2c1cc(-c2ccccc2)nc(-c2ccccc2)n1. The molecule has 0 aliphatic carbocycles. The third-order valence-corrected chi connectivity index (χ3v) is 7.40. The highest BCUT2D eigenvalue weighted by atomic mass is 16.5. The molecule has 0 atom stereocenters. The molecule has 0 N–H and O–H groups in total. The van der Waals surface area contributed by atoms with Crippen LogP contribution < -0.4 is 9.64 Å². The van der Waals surface area contributed by atoms with E-state index in [-0.39, 0.29) is 10.8 Å². The lowest BCUT2D eigenvalue weighted by molar-refractivity contribution is 0.469. The van der Waals surface area contributed by atoms with Gasteiger partial charge in [-0.2, -0.15) is 0 Å². The first kappa shape index (κ1) is 25.8. The van der Waals surface area contributed by atoms with Gasteiger partial charge in [-0.25, -0.2) is 9.97 Å². The van der Waals surface area contributed by atoms with Crippen LogP contribution in [0.5, 0.6) is 11.5 Å². The maximum absolute atomic E-state index is 6.65. The maximum Gasteiger partial charge on any atom is 0.162 e. The topological polar surface area (TPSA) is 38.2 Å². The number of anilines is 3. The first-order chi connectivity index (χ1) is 19.1. The van der Waals surface area contributed by atoms with E-state index in [1.54, 1.807) is 0 Å². The zero-order valence-corrected chi connectivity index (χ0v) is 24.1. The number of benzene rings is 4. The molecule has 4 heteroatoms. The van der Waals surface area contributed by atoms with E-state index in [0.717, 1.165) is 45.5 Å². The summed E-state index contributed by atoms with van der Waals surface area (Å²) in [6, 6.07) is 35.6. The van der Waals surface area contributed by atoms with E-state index in [1.807, 2.05) is 36.4 Å². The lowest BCUT2D eigenvalue weighted by Gasteiger charge is -2.34. The summed E-state index contributed by atoms with van der Waals surface area (Å²) in [5, 5.41) is 0. The Morgan fingerprint density at radius 2 is 1.05 bits per heavy atom. The summed E-state index contributed by atoms with van der Waals surface area (Å²) in [5.74, 6) is 3.13. The minimum Gasteiger partial charge on any atom is -0.453 e. The highest BCUT2D eigenvalue weighted by Crippen LogP contribution is 2.52. The Bertz CT molecular complexity index is 1560. The van der Waals surface area contributed by atoms with Crippen molar-refractivity contribution in [2.75, 3.05) is 4.90 Å². The van der Waals surface area contributed by atoms with Crippen LogP contribution in [-0.4, -0.2) is 9.97 Å². The van der Waals surface area contributed by atoms with Gasteiger partial charge in [0.1, 0.15) is 5.82 Å². The maximum atomic E-state index is 6.65. The Kier molecular flexibility index (Phi) is 6.22. The minimum absolute atomic E-state index is 0.00731. The van der Waals surface area contributed by atoms with E-state index in [0.29, 0.717) is 5.82 Å². The van der Waals surface area contributed by atoms with E-state index < -0.39 is 0 Å². The second-order valence-corrected chi connectivity index (χ2v) is 12.5. The van der Waals surface area contributed by atoms with Crippen LogP contribution in [0.1, 0.15) is 52.7 Å². The van der Waals surface area contributed by atoms with Gasteiger partial charge < -0.3 is 4.74 Å². The summed E-state index contributed by atoms with van der Waals surface area (Å²) in [6.07, 6.45) is 0. The molecule has 0 saturated carbocycles. The summed E-state index contributed by atoms with van der Waals surface area (Å²) < 4.78 is 6.65. The van der Waals surface area contributed by atoms with Crippen molar-refractivity contribution in [2.45, 2.75) is 52.4 Å². The Labute approximate surface area is 237 Å². The Balaban J connectivity index is 1.61. The molecule has 1 aromatic heterocycles.